The third-order valence-corrected chi connectivity index (χ3v) is 3.98. The molecule has 23 heavy (non-hydrogen) atoms. The zero-order valence-corrected chi connectivity index (χ0v) is 13.1. The van der Waals surface area contributed by atoms with Crippen molar-refractivity contribution in [3.63, 3.8) is 0 Å². The summed E-state index contributed by atoms with van der Waals surface area (Å²) in [5.41, 5.74) is 1.94. The van der Waals surface area contributed by atoms with Gasteiger partial charge < -0.3 is 15.4 Å². The molecule has 1 heterocycles. The van der Waals surface area contributed by atoms with Crippen molar-refractivity contribution in [3.8, 4) is 5.75 Å². The van der Waals surface area contributed by atoms with Crippen molar-refractivity contribution in [2.75, 3.05) is 11.9 Å². The number of rotatable bonds is 6. The number of amides is 1. The molecule has 1 aliphatic rings. The number of hydrogen-bond donors (Lipinski definition) is 2. The maximum Gasteiger partial charge on any atom is 0.225 e. The Kier molecular flexibility index (Phi) is 5.27. The Hall–Kier alpha value is -2.33. The lowest BCUT2D eigenvalue weighted by Gasteiger charge is -2.11. The van der Waals surface area contributed by atoms with Gasteiger partial charge in [-0.25, -0.2) is 0 Å². The Morgan fingerprint density at radius 2 is 1.91 bits per heavy atom. The number of hydrogen-bond acceptors (Lipinski definition) is 3. The largest absolute Gasteiger partial charge is 0.489 e. The number of carbonyl (C=O) groups excluding carboxylic acids is 1. The van der Waals surface area contributed by atoms with Gasteiger partial charge in [-0.2, -0.15) is 0 Å². The lowest BCUT2D eigenvalue weighted by molar-refractivity contribution is -0.116. The van der Waals surface area contributed by atoms with Gasteiger partial charge in [0.05, 0.1) is 0 Å². The minimum absolute atomic E-state index is 0.0577. The van der Waals surface area contributed by atoms with Crippen LogP contribution in [0.4, 0.5) is 5.69 Å². The molecule has 2 aromatic rings. The van der Waals surface area contributed by atoms with Gasteiger partial charge in [0.1, 0.15) is 12.4 Å². The molecule has 2 aromatic carbocycles. The summed E-state index contributed by atoms with van der Waals surface area (Å²) in [6.45, 7) is 1.56. The van der Waals surface area contributed by atoms with Gasteiger partial charge in [-0.15, -0.1) is 0 Å². The van der Waals surface area contributed by atoms with Gasteiger partial charge >= 0.3 is 0 Å². The second kappa shape index (κ2) is 7.79. The van der Waals surface area contributed by atoms with Crippen LogP contribution in [-0.4, -0.2) is 18.5 Å². The van der Waals surface area contributed by atoms with E-state index < -0.39 is 0 Å². The van der Waals surface area contributed by atoms with E-state index in [1.165, 1.54) is 0 Å². The van der Waals surface area contributed by atoms with Crippen LogP contribution in [0.15, 0.2) is 54.6 Å². The van der Waals surface area contributed by atoms with Crippen LogP contribution in [0.25, 0.3) is 0 Å². The molecule has 120 valence electrons. The molecule has 0 bridgehead atoms. The molecule has 1 atom stereocenters. The second-order valence-corrected chi connectivity index (χ2v) is 5.84. The third kappa shape index (κ3) is 4.83. The van der Waals surface area contributed by atoms with Gasteiger partial charge in [0.15, 0.2) is 0 Å². The fourth-order valence-electron chi connectivity index (χ4n) is 2.74. The lowest BCUT2D eigenvalue weighted by atomic mass is 10.1. The first-order valence-corrected chi connectivity index (χ1v) is 8.09. The van der Waals surface area contributed by atoms with Crippen LogP contribution in [0.1, 0.15) is 24.8 Å². The molecule has 0 aromatic heterocycles. The summed E-state index contributed by atoms with van der Waals surface area (Å²) >= 11 is 0. The molecule has 0 radical (unpaired) electrons. The van der Waals surface area contributed by atoms with Gasteiger partial charge in [-0.05, 0) is 49.2 Å². The smallest absolute Gasteiger partial charge is 0.225 e. The van der Waals surface area contributed by atoms with Crippen LogP contribution in [0.3, 0.4) is 0 Å². The summed E-state index contributed by atoms with van der Waals surface area (Å²) in [5, 5.41) is 6.27. The zero-order valence-electron chi connectivity index (χ0n) is 13.1. The maximum absolute atomic E-state index is 12.0. The molecule has 0 spiro atoms. The predicted molar refractivity (Wildman–Crippen MR) is 91.5 cm³/mol. The molecule has 1 amide bonds. The molecule has 1 unspecified atom stereocenters. The van der Waals surface area contributed by atoms with Crippen molar-refractivity contribution in [1.82, 2.24) is 5.32 Å². The summed E-state index contributed by atoms with van der Waals surface area (Å²) in [6, 6.07) is 17.9. The number of carbonyl (C=O) groups is 1. The maximum atomic E-state index is 12.0. The van der Waals surface area contributed by atoms with Crippen LogP contribution in [0.5, 0.6) is 5.75 Å². The zero-order chi connectivity index (χ0) is 15.9. The van der Waals surface area contributed by atoms with Crippen molar-refractivity contribution in [1.29, 1.82) is 0 Å². The van der Waals surface area contributed by atoms with E-state index in [0.717, 1.165) is 36.4 Å². The topological polar surface area (TPSA) is 50.4 Å². The number of benzene rings is 2. The van der Waals surface area contributed by atoms with Crippen molar-refractivity contribution in [3.05, 3.63) is 60.2 Å². The Balaban J connectivity index is 1.47. The highest BCUT2D eigenvalue weighted by Crippen LogP contribution is 2.18. The summed E-state index contributed by atoms with van der Waals surface area (Å²) in [5.74, 6) is 0.853. The van der Waals surface area contributed by atoms with Crippen LogP contribution in [-0.2, 0) is 11.4 Å². The monoisotopic (exact) mass is 310 g/mol. The minimum atomic E-state index is 0.0577. The molecular formula is C19H22N2O2. The lowest BCUT2D eigenvalue weighted by Crippen LogP contribution is -2.27. The van der Waals surface area contributed by atoms with Crippen LogP contribution < -0.4 is 15.4 Å². The van der Waals surface area contributed by atoms with E-state index in [4.69, 9.17) is 4.74 Å². The molecule has 0 aliphatic carbocycles. The van der Waals surface area contributed by atoms with E-state index in [1.54, 1.807) is 0 Å². The third-order valence-electron chi connectivity index (χ3n) is 3.98. The molecule has 2 N–H and O–H groups in total. The van der Waals surface area contributed by atoms with Crippen molar-refractivity contribution >= 4 is 11.6 Å². The molecule has 1 aliphatic heterocycles. The Morgan fingerprint density at radius 3 is 2.61 bits per heavy atom. The number of nitrogens with one attached hydrogen (secondary N) is 2. The predicted octanol–water partition coefficient (Wildman–Crippen LogP) is 3.35. The minimum Gasteiger partial charge on any atom is -0.489 e. The standard InChI is InChI=1S/C19H22N2O2/c22-19(13-17-7-4-12-20-17)21-16-8-10-18(11-9-16)23-14-15-5-2-1-3-6-15/h1-3,5-6,8-11,17,20H,4,7,12-14H2,(H,21,22). The van der Waals surface area contributed by atoms with E-state index >= 15 is 0 Å². The average molecular weight is 310 g/mol. The average Bonchev–Trinajstić information content (AvgIpc) is 3.08. The summed E-state index contributed by atoms with van der Waals surface area (Å²) in [4.78, 5) is 12.0. The van der Waals surface area contributed by atoms with E-state index in [-0.39, 0.29) is 5.91 Å². The van der Waals surface area contributed by atoms with E-state index in [9.17, 15) is 4.79 Å². The molecule has 1 fully saturated rings. The Bertz CT molecular complexity index is 620. The first-order chi connectivity index (χ1) is 11.3. The van der Waals surface area contributed by atoms with Crippen LogP contribution in [0, 0.1) is 0 Å². The highest BCUT2D eigenvalue weighted by molar-refractivity contribution is 5.91. The summed E-state index contributed by atoms with van der Waals surface area (Å²) in [6.07, 6.45) is 2.78. The van der Waals surface area contributed by atoms with Crippen LogP contribution >= 0.6 is 0 Å². The second-order valence-electron chi connectivity index (χ2n) is 5.84. The van der Waals surface area contributed by atoms with Gasteiger partial charge in [-0.3, -0.25) is 4.79 Å². The van der Waals surface area contributed by atoms with Gasteiger partial charge in [0.2, 0.25) is 5.91 Å². The summed E-state index contributed by atoms with van der Waals surface area (Å²) in [7, 11) is 0. The van der Waals surface area contributed by atoms with E-state index in [0.29, 0.717) is 19.1 Å². The first-order valence-electron chi connectivity index (χ1n) is 8.09. The van der Waals surface area contributed by atoms with E-state index in [1.807, 2.05) is 54.6 Å². The van der Waals surface area contributed by atoms with Gasteiger partial charge in [-0.1, -0.05) is 30.3 Å². The van der Waals surface area contributed by atoms with Crippen LogP contribution in [0.2, 0.25) is 0 Å². The van der Waals surface area contributed by atoms with E-state index in [2.05, 4.69) is 10.6 Å². The SMILES string of the molecule is O=C(CC1CCCN1)Nc1ccc(OCc2ccccc2)cc1. The Morgan fingerprint density at radius 1 is 1.13 bits per heavy atom. The summed E-state index contributed by atoms with van der Waals surface area (Å²) < 4.78 is 5.74. The van der Waals surface area contributed by atoms with Crippen molar-refractivity contribution < 1.29 is 9.53 Å². The fourth-order valence-corrected chi connectivity index (χ4v) is 2.74. The molecule has 4 nitrogen and oxygen atoms in total. The number of anilines is 1. The normalized spacial score (nSPS) is 17.0. The first kappa shape index (κ1) is 15.6. The van der Waals surface area contributed by atoms with Crippen molar-refractivity contribution in [2.24, 2.45) is 0 Å². The van der Waals surface area contributed by atoms with Crippen molar-refractivity contribution in [2.45, 2.75) is 31.9 Å². The Labute approximate surface area is 136 Å². The quantitative estimate of drug-likeness (QED) is 0.860. The molecule has 0 saturated carbocycles. The van der Waals surface area contributed by atoms with Gasteiger partial charge in [0.25, 0.3) is 0 Å². The molecular weight excluding hydrogens is 288 g/mol. The molecule has 3 rings (SSSR count). The highest BCUT2D eigenvalue weighted by Gasteiger charge is 2.17. The number of ether oxygens (including phenoxy) is 1. The molecule has 1 saturated heterocycles. The highest BCUT2D eigenvalue weighted by atomic mass is 16.5. The van der Waals surface area contributed by atoms with Gasteiger partial charge in [0, 0.05) is 18.2 Å². The molecule has 4 heteroatoms. The fraction of sp³-hybridized carbons (Fsp3) is 0.316.